The Morgan fingerprint density at radius 1 is 1.50 bits per heavy atom. The maximum Gasteiger partial charge on any atom is 0.337 e. The predicted octanol–water partition coefficient (Wildman–Crippen LogP) is 2.79. The molecule has 2 rings (SSSR count). The van der Waals surface area contributed by atoms with Gasteiger partial charge in [-0.25, -0.2) is 4.79 Å². The molecule has 2 atom stereocenters. The van der Waals surface area contributed by atoms with E-state index in [2.05, 4.69) is 16.8 Å². The van der Waals surface area contributed by atoms with Crippen molar-refractivity contribution in [3.05, 3.63) is 24.0 Å². The second-order valence-electron chi connectivity index (χ2n) is 5.23. The SMILES string of the molecule is CC1CCCC(N(C)c2cnccc2C(=O)O)C1. The molecule has 0 saturated heterocycles. The summed E-state index contributed by atoms with van der Waals surface area (Å²) in [6, 6.07) is 2.00. The number of carbonyl (C=O) groups is 1. The number of anilines is 1. The highest BCUT2D eigenvalue weighted by molar-refractivity contribution is 5.94. The third-order valence-electron chi connectivity index (χ3n) is 3.87. The molecule has 1 aliphatic rings. The van der Waals surface area contributed by atoms with Gasteiger partial charge in [0.1, 0.15) is 0 Å². The lowest BCUT2D eigenvalue weighted by atomic mass is 9.86. The summed E-state index contributed by atoms with van der Waals surface area (Å²) in [6.07, 6.45) is 7.95. The zero-order chi connectivity index (χ0) is 13.1. The number of pyridine rings is 1. The van der Waals surface area contributed by atoms with E-state index in [9.17, 15) is 9.90 Å². The van der Waals surface area contributed by atoms with Gasteiger partial charge in [-0.1, -0.05) is 19.8 Å². The number of hydrogen-bond acceptors (Lipinski definition) is 3. The highest BCUT2D eigenvalue weighted by atomic mass is 16.4. The van der Waals surface area contributed by atoms with Gasteiger partial charge in [-0.05, 0) is 24.8 Å². The largest absolute Gasteiger partial charge is 0.478 e. The first kappa shape index (κ1) is 12.9. The first-order chi connectivity index (χ1) is 8.59. The summed E-state index contributed by atoms with van der Waals surface area (Å²) in [5.74, 6) is -0.167. The van der Waals surface area contributed by atoms with Gasteiger partial charge in [-0.2, -0.15) is 0 Å². The number of nitrogens with zero attached hydrogens (tertiary/aromatic N) is 2. The minimum absolute atomic E-state index is 0.339. The second kappa shape index (κ2) is 5.38. The fraction of sp³-hybridized carbons (Fsp3) is 0.571. The van der Waals surface area contributed by atoms with Crippen molar-refractivity contribution in [1.29, 1.82) is 0 Å². The minimum atomic E-state index is -0.886. The van der Waals surface area contributed by atoms with Crippen LogP contribution >= 0.6 is 0 Å². The first-order valence-electron chi connectivity index (χ1n) is 6.49. The van der Waals surface area contributed by atoms with Crippen molar-refractivity contribution in [3.8, 4) is 0 Å². The second-order valence-corrected chi connectivity index (χ2v) is 5.23. The lowest BCUT2D eigenvalue weighted by Gasteiger charge is -2.35. The summed E-state index contributed by atoms with van der Waals surface area (Å²) in [7, 11) is 1.98. The molecule has 0 aliphatic heterocycles. The molecule has 1 aliphatic carbocycles. The highest BCUT2D eigenvalue weighted by Crippen LogP contribution is 2.30. The maximum atomic E-state index is 11.2. The summed E-state index contributed by atoms with van der Waals surface area (Å²) in [4.78, 5) is 17.4. The normalized spacial score (nSPS) is 23.7. The van der Waals surface area contributed by atoms with Crippen molar-refractivity contribution in [2.24, 2.45) is 5.92 Å². The van der Waals surface area contributed by atoms with Crippen molar-refractivity contribution < 1.29 is 9.90 Å². The molecule has 0 amide bonds. The Bertz CT molecular complexity index is 434. The molecule has 1 fully saturated rings. The van der Waals surface area contributed by atoms with Crippen LogP contribution in [0.3, 0.4) is 0 Å². The van der Waals surface area contributed by atoms with E-state index in [0.29, 0.717) is 11.6 Å². The van der Waals surface area contributed by atoms with Crippen LogP contribution in [0, 0.1) is 5.92 Å². The summed E-state index contributed by atoms with van der Waals surface area (Å²) in [5, 5.41) is 9.21. The summed E-state index contributed by atoms with van der Waals surface area (Å²) in [5.41, 5.74) is 1.06. The molecule has 1 heterocycles. The topological polar surface area (TPSA) is 53.4 Å². The molecule has 1 aromatic heterocycles. The Kier molecular flexibility index (Phi) is 3.84. The highest BCUT2D eigenvalue weighted by Gasteiger charge is 2.25. The Balaban J connectivity index is 2.22. The lowest BCUT2D eigenvalue weighted by molar-refractivity contribution is 0.0697. The van der Waals surface area contributed by atoms with E-state index in [4.69, 9.17) is 0 Å². The zero-order valence-electron chi connectivity index (χ0n) is 11.0. The van der Waals surface area contributed by atoms with E-state index in [1.54, 1.807) is 12.3 Å². The van der Waals surface area contributed by atoms with Crippen molar-refractivity contribution in [1.82, 2.24) is 4.98 Å². The van der Waals surface area contributed by atoms with Gasteiger partial charge in [-0.3, -0.25) is 4.98 Å². The predicted molar refractivity (Wildman–Crippen MR) is 71.0 cm³/mol. The average molecular weight is 248 g/mol. The fourth-order valence-corrected chi connectivity index (χ4v) is 2.80. The smallest absolute Gasteiger partial charge is 0.337 e. The monoisotopic (exact) mass is 248 g/mol. The van der Waals surface area contributed by atoms with Crippen LogP contribution < -0.4 is 4.90 Å². The molecule has 18 heavy (non-hydrogen) atoms. The van der Waals surface area contributed by atoms with E-state index in [1.807, 2.05) is 7.05 Å². The van der Waals surface area contributed by atoms with Crippen molar-refractivity contribution in [2.75, 3.05) is 11.9 Å². The van der Waals surface area contributed by atoms with Crippen molar-refractivity contribution in [2.45, 2.75) is 38.6 Å². The third-order valence-corrected chi connectivity index (χ3v) is 3.87. The fourth-order valence-electron chi connectivity index (χ4n) is 2.80. The van der Waals surface area contributed by atoms with E-state index in [1.165, 1.54) is 19.0 Å². The molecular weight excluding hydrogens is 228 g/mol. The molecule has 1 N–H and O–H groups in total. The Morgan fingerprint density at radius 3 is 2.94 bits per heavy atom. The molecule has 4 heteroatoms. The van der Waals surface area contributed by atoms with E-state index < -0.39 is 5.97 Å². The standard InChI is InChI=1S/C14H20N2O2/c1-10-4-3-5-11(8-10)16(2)13-9-15-7-6-12(13)14(17)18/h6-7,9-11H,3-5,8H2,1-2H3,(H,17,18). The number of aromatic nitrogens is 1. The van der Waals surface area contributed by atoms with Gasteiger partial charge < -0.3 is 10.0 Å². The summed E-state index contributed by atoms with van der Waals surface area (Å²) in [6.45, 7) is 2.27. The zero-order valence-corrected chi connectivity index (χ0v) is 11.0. The first-order valence-corrected chi connectivity index (χ1v) is 6.49. The Morgan fingerprint density at radius 2 is 2.28 bits per heavy atom. The summed E-state index contributed by atoms with van der Waals surface area (Å²) >= 11 is 0. The number of aromatic carboxylic acids is 1. The number of rotatable bonds is 3. The van der Waals surface area contributed by atoms with Gasteiger partial charge in [0.15, 0.2) is 0 Å². The van der Waals surface area contributed by atoms with Gasteiger partial charge in [0.2, 0.25) is 0 Å². The van der Waals surface area contributed by atoms with Gasteiger partial charge in [-0.15, -0.1) is 0 Å². The van der Waals surface area contributed by atoms with E-state index in [-0.39, 0.29) is 0 Å². The van der Waals surface area contributed by atoms with Crippen LogP contribution in [0.4, 0.5) is 5.69 Å². The third kappa shape index (κ3) is 2.63. The van der Waals surface area contributed by atoms with Crippen LogP contribution in [0.1, 0.15) is 43.0 Å². The van der Waals surface area contributed by atoms with Crippen LogP contribution in [0.15, 0.2) is 18.5 Å². The van der Waals surface area contributed by atoms with Gasteiger partial charge in [0, 0.05) is 19.3 Å². The molecule has 1 aromatic rings. The molecule has 4 nitrogen and oxygen atoms in total. The quantitative estimate of drug-likeness (QED) is 0.893. The molecule has 0 bridgehead atoms. The van der Waals surface area contributed by atoms with Gasteiger partial charge in [0.25, 0.3) is 0 Å². The lowest BCUT2D eigenvalue weighted by Crippen LogP contribution is -2.36. The average Bonchev–Trinajstić information content (AvgIpc) is 2.38. The van der Waals surface area contributed by atoms with E-state index >= 15 is 0 Å². The van der Waals surface area contributed by atoms with Gasteiger partial charge >= 0.3 is 5.97 Å². The van der Waals surface area contributed by atoms with Crippen LogP contribution in [-0.4, -0.2) is 29.1 Å². The minimum Gasteiger partial charge on any atom is -0.478 e. The molecule has 1 saturated carbocycles. The molecule has 2 unspecified atom stereocenters. The molecule has 0 radical (unpaired) electrons. The number of carboxylic acids is 1. The Hall–Kier alpha value is -1.58. The van der Waals surface area contributed by atoms with Crippen molar-refractivity contribution in [3.63, 3.8) is 0 Å². The summed E-state index contributed by atoms with van der Waals surface area (Å²) < 4.78 is 0. The van der Waals surface area contributed by atoms with Crippen LogP contribution in [0.2, 0.25) is 0 Å². The van der Waals surface area contributed by atoms with Crippen molar-refractivity contribution >= 4 is 11.7 Å². The van der Waals surface area contributed by atoms with E-state index in [0.717, 1.165) is 24.4 Å². The maximum absolute atomic E-state index is 11.2. The van der Waals surface area contributed by atoms with Crippen LogP contribution in [-0.2, 0) is 0 Å². The number of carboxylic acid groups (broad SMARTS) is 1. The molecule has 98 valence electrons. The molecule has 0 spiro atoms. The Labute approximate surface area is 108 Å². The van der Waals surface area contributed by atoms with Crippen LogP contribution in [0.25, 0.3) is 0 Å². The number of hydrogen-bond donors (Lipinski definition) is 1. The van der Waals surface area contributed by atoms with Crippen LogP contribution in [0.5, 0.6) is 0 Å². The molecular formula is C14H20N2O2. The molecule has 0 aromatic carbocycles. The van der Waals surface area contributed by atoms with Gasteiger partial charge in [0.05, 0.1) is 17.4 Å².